The van der Waals surface area contributed by atoms with Gasteiger partial charge in [0, 0.05) is 30.4 Å². The van der Waals surface area contributed by atoms with Crippen LogP contribution in [0.4, 0.5) is 5.69 Å². The molecule has 0 radical (unpaired) electrons. The average molecular weight is 629 g/mol. The van der Waals surface area contributed by atoms with Crippen molar-refractivity contribution in [2.75, 3.05) is 11.9 Å². The van der Waals surface area contributed by atoms with Crippen LogP contribution in [-0.4, -0.2) is 49.3 Å². The van der Waals surface area contributed by atoms with E-state index in [1.807, 2.05) is 83.0 Å². The van der Waals surface area contributed by atoms with E-state index in [9.17, 15) is 14.7 Å². The molecule has 0 aliphatic carbocycles. The molecule has 0 spiro atoms. The van der Waals surface area contributed by atoms with Gasteiger partial charge in [-0.3, -0.25) is 0 Å². The lowest BCUT2D eigenvalue weighted by Gasteiger charge is -2.21. The fraction of sp³-hybridized carbons (Fsp3) is 0.184. The summed E-state index contributed by atoms with van der Waals surface area (Å²) in [7, 11) is 1.91. The lowest BCUT2D eigenvalue weighted by molar-refractivity contribution is -0.140. The minimum atomic E-state index is -1.50. The van der Waals surface area contributed by atoms with Crippen molar-refractivity contribution < 1.29 is 24.9 Å². The Hall–Kier alpha value is -5.83. The number of carbonyl (C=O) groups is 2. The molecular weight excluding hydrogens is 592 g/mol. The van der Waals surface area contributed by atoms with Crippen molar-refractivity contribution in [2.24, 2.45) is 0 Å². The Morgan fingerprint density at radius 2 is 1.15 bits per heavy atom. The van der Waals surface area contributed by atoms with E-state index in [0.29, 0.717) is 40.7 Å². The lowest BCUT2D eigenvalue weighted by atomic mass is 10.0. The third kappa shape index (κ3) is 7.20. The molecule has 0 aliphatic heterocycles. The summed E-state index contributed by atoms with van der Waals surface area (Å²) < 4.78 is 0. The molecule has 0 aliphatic rings. The number of benzene rings is 4. The molecule has 0 atom stereocenters. The first kappa shape index (κ1) is 32.6. The molecule has 0 saturated carbocycles. The van der Waals surface area contributed by atoms with Gasteiger partial charge >= 0.3 is 11.9 Å². The second kappa shape index (κ2) is 13.3. The molecule has 3 N–H and O–H groups in total. The van der Waals surface area contributed by atoms with Gasteiger partial charge in [-0.2, -0.15) is 0 Å². The van der Waals surface area contributed by atoms with Gasteiger partial charge in [-0.1, -0.05) is 65.7 Å². The number of carboxylic acids is 2. The smallest absolute Gasteiger partial charge is 0.343 e. The van der Waals surface area contributed by atoms with Crippen LogP contribution >= 0.6 is 0 Å². The number of nitrogens with zero attached hydrogens (tertiary/aromatic N) is 4. The number of phenols is 1. The fourth-order valence-corrected chi connectivity index (χ4v) is 5.55. The largest absolute Gasteiger partial charge is 0.507 e. The predicted octanol–water partition coefficient (Wildman–Crippen LogP) is 7.31. The molecule has 0 bridgehead atoms. The molecule has 0 amide bonds. The van der Waals surface area contributed by atoms with E-state index in [0.717, 1.165) is 50.7 Å². The van der Waals surface area contributed by atoms with Crippen LogP contribution in [0.2, 0.25) is 0 Å². The maximum atomic E-state index is 11.3. The van der Waals surface area contributed by atoms with Gasteiger partial charge in [0.15, 0.2) is 17.5 Å². The highest BCUT2D eigenvalue weighted by atomic mass is 16.4. The van der Waals surface area contributed by atoms with E-state index < -0.39 is 17.5 Å². The minimum absolute atomic E-state index is 0.0876. The van der Waals surface area contributed by atoms with E-state index in [2.05, 4.69) is 12.1 Å². The molecule has 238 valence electrons. The van der Waals surface area contributed by atoms with E-state index in [-0.39, 0.29) is 5.75 Å². The maximum absolute atomic E-state index is 11.3. The number of phenolic OH excluding ortho intramolecular Hbond substituents is 1. The van der Waals surface area contributed by atoms with Crippen molar-refractivity contribution in [3.63, 3.8) is 0 Å². The van der Waals surface area contributed by atoms with Crippen molar-refractivity contribution in [3.05, 3.63) is 117 Å². The van der Waals surface area contributed by atoms with Crippen LogP contribution in [-0.2, 0) is 16.1 Å². The molecule has 4 aromatic carbocycles. The molecule has 1 aromatic heterocycles. The number of hydrogen-bond acceptors (Lipinski definition) is 7. The van der Waals surface area contributed by atoms with Gasteiger partial charge < -0.3 is 20.2 Å². The second-order valence-corrected chi connectivity index (χ2v) is 11.9. The molecule has 0 unspecified atom stereocenters. The van der Waals surface area contributed by atoms with Gasteiger partial charge in [0.25, 0.3) is 0 Å². The van der Waals surface area contributed by atoms with Gasteiger partial charge in [0.1, 0.15) is 11.3 Å². The van der Waals surface area contributed by atoms with Crippen LogP contribution in [0.5, 0.6) is 5.75 Å². The summed E-state index contributed by atoms with van der Waals surface area (Å²) in [4.78, 5) is 39.2. The lowest BCUT2D eigenvalue weighted by Crippen LogP contribution is -2.16. The summed E-state index contributed by atoms with van der Waals surface area (Å²) in [5, 5.41) is 29.6. The third-order valence-corrected chi connectivity index (χ3v) is 8.01. The molecule has 47 heavy (non-hydrogen) atoms. The highest BCUT2D eigenvalue weighted by Gasteiger charge is 2.19. The highest BCUT2D eigenvalue weighted by molar-refractivity contribution is 6.16. The summed E-state index contributed by atoms with van der Waals surface area (Å²) in [5.74, 6) is -1.52. The minimum Gasteiger partial charge on any atom is -0.507 e. The number of rotatable bonds is 9. The standard InChI is InChI=1S/C38H36N4O5/c1-21-7-13-29(23(3)15-21)34-39-35(30-14-8-22(2)16-24(30)4)41-36(40-34)31-19-27(17-25(5)33(31)43)20-42(6)28-11-9-26(10-12-28)18-32(37(44)45)38(46)47/h7-19,43H,20H2,1-6H3,(H,44,45)(H,46,47). The zero-order valence-corrected chi connectivity index (χ0v) is 27.2. The summed E-state index contributed by atoms with van der Waals surface area (Å²) >= 11 is 0. The van der Waals surface area contributed by atoms with Crippen LogP contribution in [0.1, 0.15) is 38.9 Å². The van der Waals surface area contributed by atoms with Crippen molar-refractivity contribution >= 4 is 23.7 Å². The monoisotopic (exact) mass is 628 g/mol. The first-order chi connectivity index (χ1) is 22.3. The maximum Gasteiger partial charge on any atom is 0.343 e. The molecular formula is C38H36N4O5. The van der Waals surface area contributed by atoms with Crippen molar-refractivity contribution in [1.29, 1.82) is 0 Å². The van der Waals surface area contributed by atoms with Gasteiger partial charge in [-0.15, -0.1) is 0 Å². The SMILES string of the molecule is Cc1ccc(-c2nc(-c3ccc(C)cc3C)nc(-c3cc(CN(C)c4ccc(C=C(C(=O)O)C(=O)O)cc4)cc(C)c3O)n2)c(C)c1. The van der Waals surface area contributed by atoms with E-state index in [1.165, 1.54) is 0 Å². The Morgan fingerprint density at radius 1 is 0.660 bits per heavy atom. The Morgan fingerprint density at radius 3 is 1.62 bits per heavy atom. The Labute approximate surface area is 273 Å². The number of aromatic nitrogens is 3. The summed E-state index contributed by atoms with van der Waals surface area (Å²) in [6.45, 7) is 10.4. The van der Waals surface area contributed by atoms with Crippen LogP contribution in [0, 0.1) is 34.6 Å². The van der Waals surface area contributed by atoms with E-state index >= 15 is 0 Å². The zero-order chi connectivity index (χ0) is 34.0. The number of aliphatic carboxylic acids is 2. The number of hydrogen-bond donors (Lipinski definition) is 3. The van der Waals surface area contributed by atoms with E-state index in [1.54, 1.807) is 24.3 Å². The predicted molar refractivity (Wildman–Crippen MR) is 183 cm³/mol. The molecule has 5 rings (SSSR count). The molecule has 9 nitrogen and oxygen atoms in total. The van der Waals surface area contributed by atoms with Crippen LogP contribution in [0.25, 0.3) is 40.2 Å². The Kier molecular flexibility index (Phi) is 9.19. The number of anilines is 1. The molecule has 9 heteroatoms. The fourth-order valence-electron chi connectivity index (χ4n) is 5.55. The number of aryl methyl sites for hydroxylation is 5. The first-order valence-electron chi connectivity index (χ1n) is 15.0. The van der Waals surface area contributed by atoms with Crippen LogP contribution < -0.4 is 4.90 Å². The van der Waals surface area contributed by atoms with Gasteiger partial charge in [-0.25, -0.2) is 24.5 Å². The highest BCUT2D eigenvalue weighted by Crippen LogP contribution is 2.35. The average Bonchev–Trinajstić information content (AvgIpc) is 3.01. The normalized spacial score (nSPS) is 10.9. The molecule has 1 heterocycles. The van der Waals surface area contributed by atoms with Crippen LogP contribution in [0.15, 0.2) is 78.4 Å². The van der Waals surface area contributed by atoms with Crippen molar-refractivity contribution in [2.45, 2.75) is 41.2 Å². The zero-order valence-electron chi connectivity index (χ0n) is 27.2. The van der Waals surface area contributed by atoms with Gasteiger partial charge in [-0.05, 0) is 86.7 Å². The van der Waals surface area contributed by atoms with Gasteiger partial charge in [0.05, 0.1) is 5.56 Å². The van der Waals surface area contributed by atoms with E-state index in [4.69, 9.17) is 25.2 Å². The summed E-state index contributed by atoms with van der Waals surface area (Å²) in [6, 6.07) is 23.0. The summed E-state index contributed by atoms with van der Waals surface area (Å²) in [5.41, 5.74) is 8.75. The Bertz CT molecular complexity index is 1970. The Balaban J connectivity index is 1.55. The topological polar surface area (TPSA) is 137 Å². The molecule has 0 fully saturated rings. The van der Waals surface area contributed by atoms with Crippen molar-refractivity contribution in [1.82, 2.24) is 15.0 Å². The third-order valence-electron chi connectivity index (χ3n) is 8.01. The van der Waals surface area contributed by atoms with Crippen LogP contribution in [0.3, 0.4) is 0 Å². The quantitative estimate of drug-likeness (QED) is 0.0872. The number of aromatic hydroxyl groups is 1. The molecule has 0 saturated heterocycles. The first-order valence-corrected chi connectivity index (χ1v) is 15.0. The van der Waals surface area contributed by atoms with Crippen molar-refractivity contribution in [3.8, 4) is 39.9 Å². The summed E-state index contributed by atoms with van der Waals surface area (Å²) in [6.07, 6.45) is 1.12. The number of carboxylic acid groups (broad SMARTS) is 2. The van der Waals surface area contributed by atoms with Gasteiger partial charge in [0.2, 0.25) is 0 Å². The second-order valence-electron chi connectivity index (χ2n) is 11.9. The molecule has 5 aromatic rings.